The lowest BCUT2D eigenvalue weighted by molar-refractivity contribution is 0.0526. The summed E-state index contributed by atoms with van der Waals surface area (Å²) in [7, 11) is 0. The fraction of sp³-hybridized carbons (Fsp3) is 0.296. The zero-order valence-corrected chi connectivity index (χ0v) is 21.2. The summed E-state index contributed by atoms with van der Waals surface area (Å²) in [6.07, 6.45) is 4.74. The molecule has 0 spiro atoms. The number of carbonyl (C=O) groups excluding carboxylic acids is 2. The van der Waals surface area contributed by atoms with E-state index in [9.17, 15) is 9.59 Å². The van der Waals surface area contributed by atoms with E-state index in [-0.39, 0.29) is 17.0 Å². The van der Waals surface area contributed by atoms with Crippen molar-refractivity contribution in [2.24, 2.45) is 0 Å². The number of hydrogen-bond donors (Lipinski definition) is 2. The molecule has 0 radical (unpaired) electrons. The van der Waals surface area contributed by atoms with Crippen molar-refractivity contribution < 1.29 is 19.1 Å². The lowest BCUT2D eigenvalue weighted by Crippen LogP contribution is -2.34. The van der Waals surface area contributed by atoms with Gasteiger partial charge in [0, 0.05) is 16.9 Å². The van der Waals surface area contributed by atoms with E-state index >= 15 is 0 Å². The van der Waals surface area contributed by atoms with E-state index in [2.05, 4.69) is 22.8 Å². The van der Waals surface area contributed by atoms with Gasteiger partial charge in [0.25, 0.3) is 5.91 Å². The predicted molar refractivity (Wildman–Crippen MR) is 143 cm³/mol. The number of aryl methyl sites for hydroxylation is 1. The summed E-state index contributed by atoms with van der Waals surface area (Å²) in [5, 5.41) is 6.53. The lowest BCUT2D eigenvalue weighted by atomic mass is 9.95. The largest absolute Gasteiger partial charge is 0.493 e. The van der Waals surface area contributed by atoms with E-state index in [0.717, 1.165) is 37.7 Å². The van der Waals surface area contributed by atoms with Crippen LogP contribution in [0.4, 0.5) is 5.00 Å². The third-order valence-corrected chi connectivity index (χ3v) is 7.14. The zero-order valence-electron chi connectivity index (χ0n) is 19.6. The number of nitrogens with one attached hydrogen (secondary N) is 2. The Labute approximate surface area is 214 Å². The molecular weight excluding hydrogens is 480 g/mol. The number of esters is 1. The van der Waals surface area contributed by atoms with Crippen LogP contribution >= 0.6 is 23.6 Å². The number of amides is 1. The second kappa shape index (κ2) is 12.0. The number of rotatable bonds is 8. The molecule has 182 valence electrons. The number of carbonyl (C=O) groups is 2. The van der Waals surface area contributed by atoms with Crippen LogP contribution in [0.2, 0.25) is 0 Å². The number of thiophene rings is 1. The fourth-order valence-corrected chi connectivity index (χ4v) is 5.56. The molecule has 1 aliphatic rings. The Morgan fingerprint density at radius 2 is 1.77 bits per heavy atom. The van der Waals surface area contributed by atoms with E-state index in [0.29, 0.717) is 35.1 Å². The van der Waals surface area contributed by atoms with Crippen molar-refractivity contribution in [3.05, 3.63) is 81.7 Å². The molecule has 2 aromatic carbocycles. The molecule has 1 heterocycles. The zero-order chi connectivity index (χ0) is 24.6. The Balaban J connectivity index is 1.34. The van der Waals surface area contributed by atoms with Crippen molar-refractivity contribution in [2.45, 2.75) is 39.0 Å². The Morgan fingerprint density at radius 3 is 2.51 bits per heavy atom. The molecule has 0 saturated carbocycles. The van der Waals surface area contributed by atoms with Crippen LogP contribution in [-0.4, -0.2) is 30.2 Å². The van der Waals surface area contributed by atoms with E-state index in [1.807, 2.05) is 18.2 Å². The molecule has 0 unspecified atom stereocenters. The monoisotopic (exact) mass is 508 g/mol. The van der Waals surface area contributed by atoms with Gasteiger partial charge in [-0.05, 0) is 80.2 Å². The summed E-state index contributed by atoms with van der Waals surface area (Å²) in [4.78, 5) is 26.5. The molecule has 1 amide bonds. The van der Waals surface area contributed by atoms with Crippen molar-refractivity contribution in [1.82, 2.24) is 5.32 Å². The minimum Gasteiger partial charge on any atom is -0.493 e. The first kappa shape index (κ1) is 24.9. The predicted octanol–water partition coefficient (Wildman–Crippen LogP) is 5.55. The Morgan fingerprint density at radius 1 is 1.03 bits per heavy atom. The molecule has 6 nitrogen and oxygen atoms in total. The number of ether oxygens (including phenoxy) is 2. The molecule has 3 aromatic rings. The van der Waals surface area contributed by atoms with Crippen LogP contribution in [0.3, 0.4) is 0 Å². The summed E-state index contributed by atoms with van der Waals surface area (Å²) >= 11 is 6.89. The van der Waals surface area contributed by atoms with Gasteiger partial charge in [-0.2, -0.15) is 0 Å². The minimum absolute atomic E-state index is 0.141. The van der Waals surface area contributed by atoms with Gasteiger partial charge in [-0.15, -0.1) is 11.3 Å². The van der Waals surface area contributed by atoms with Gasteiger partial charge in [-0.25, -0.2) is 4.79 Å². The molecule has 2 N–H and O–H groups in total. The summed E-state index contributed by atoms with van der Waals surface area (Å²) in [5.74, 6) is 0.00477. The van der Waals surface area contributed by atoms with E-state index in [4.69, 9.17) is 21.7 Å². The van der Waals surface area contributed by atoms with Crippen LogP contribution in [0, 0.1) is 0 Å². The third-order valence-electron chi connectivity index (χ3n) is 5.72. The number of fused-ring (bicyclic) bond motifs is 1. The van der Waals surface area contributed by atoms with Crippen molar-refractivity contribution >= 4 is 45.5 Å². The SMILES string of the molecule is CCOC(=O)c1c(NC(=S)NC(=O)c2ccc(OCCc3ccccc3)cc2)sc2c1CCCC2. The molecule has 1 aliphatic carbocycles. The third kappa shape index (κ3) is 6.46. The summed E-state index contributed by atoms with van der Waals surface area (Å²) in [6.45, 7) is 2.64. The molecule has 0 atom stereocenters. The molecule has 0 bridgehead atoms. The number of benzene rings is 2. The summed E-state index contributed by atoms with van der Waals surface area (Å²) < 4.78 is 11.1. The molecule has 8 heteroatoms. The van der Waals surface area contributed by atoms with Gasteiger partial charge in [-0.1, -0.05) is 30.3 Å². The maximum atomic E-state index is 12.7. The van der Waals surface area contributed by atoms with Crippen molar-refractivity contribution in [1.29, 1.82) is 0 Å². The van der Waals surface area contributed by atoms with Gasteiger partial charge in [0.1, 0.15) is 10.8 Å². The number of anilines is 1. The Bertz CT molecular complexity index is 1190. The van der Waals surface area contributed by atoms with Crippen molar-refractivity contribution in [3.63, 3.8) is 0 Å². The van der Waals surface area contributed by atoms with Crippen LogP contribution in [0.15, 0.2) is 54.6 Å². The van der Waals surface area contributed by atoms with Gasteiger partial charge < -0.3 is 14.8 Å². The minimum atomic E-state index is -0.355. The summed E-state index contributed by atoms with van der Waals surface area (Å²) in [6, 6.07) is 17.1. The van der Waals surface area contributed by atoms with Gasteiger partial charge in [0.15, 0.2) is 5.11 Å². The van der Waals surface area contributed by atoms with E-state index in [1.54, 1.807) is 31.2 Å². The highest BCUT2D eigenvalue weighted by molar-refractivity contribution is 7.80. The Kier molecular flexibility index (Phi) is 8.50. The van der Waals surface area contributed by atoms with Gasteiger partial charge in [0.05, 0.1) is 18.8 Å². The normalized spacial score (nSPS) is 12.4. The van der Waals surface area contributed by atoms with Gasteiger partial charge in [-0.3, -0.25) is 10.1 Å². The summed E-state index contributed by atoms with van der Waals surface area (Å²) in [5.41, 5.74) is 3.25. The quantitative estimate of drug-likeness (QED) is 0.307. The standard InChI is InChI=1S/C27H28N2O4S2/c1-2-32-26(31)23-21-10-6-7-11-22(21)35-25(23)29-27(34)28-24(30)19-12-14-20(15-13-19)33-17-16-18-8-4-3-5-9-18/h3-5,8-9,12-15H,2,6-7,10-11,16-17H2,1H3,(H2,28,29,30,34). The molecule has 0 saturated heterocycles. The maximum absolute atomic E-state index is 12.7. The highest BCUT2D eigenvalue weighted by atomic mass is 32.1. The van der Waals surface area contributed by atoms with Gasteiger partial charge in [0.2, 0.25) is 0 Å². The first-order valence-electron chi connectivity index (χ1n) is 11.8. The second-order valence-electron chi connectivity index (χ2n) is 8.15. The van der Waals surface area contributed by atoms with Gasteiger partial charge >= 0.3 is 5.97 Å². The first-order chi connectivity index (χ1) is 17.0. The second-order valence-corrected chi connectivity index (χ2v) is 9.67. The van der Waals surface area contributed by atoms with Crippen molar-refractivity contribution in [2.75, 3.05) is 18.5 Å². The maximum Gasteiger partial charge on any atom is 0.341 e. The molecule has 1 aromatic heterocycles. The molecule has 0 aliphatic heterocycles. The molecular formula is C27H28N2O4S2. The van der Waals surface area contributed by atoms with Crippen LogP contribution in [-0.2, 0) is 24.0 Å². The highest BCUT2D eigenvalue weighted by Crippen LogP contribution is 2.38. The molecule has 35 heavy (non-hydrogen) atoms. The highest BCUT2D eigenvalue weighted by Gasteiger charge is 2.27. The van der Waals surface area contributed by atoms with Crippen LogP contribution in [0.1, 0.15) is 56.5 Å². The van der Waals surface area contributed by atoms with Crippen LogP contribution in [0.5, 0.6) is 5.75 Å². The van der Waals surface area contributed by atoms with E-state index in [1.165, 1.54) is 21.8 Å². The topological polar surface area (TPSA) is 76.7 Å². The smallest absolute Gasteiger partial charge is 0.341 e. The number of hydrogen-bond acceptors (Lipinski definition) is 6. The fourth-order valence-electron chi connectivity index (χ4n) is 4.02. The average molecular weight is 509 g/mol. The lowest BCUT2D eigenvalue weighted by Gasteiger charge is -2.13. The average Bonchev–Trinajstić information content (AvgIpc) is 3.23. The van der Waals surface area contributed by atoms with Crippen molar-refractivity contribution in [3.8, 4) is 5.75 Å². The number of thiocarbonyl (C=S) groups is 1. The molecule has 4 rings (SSSR count). The molecule has 0 fully saturated rings. The van der Waals surface area contributed by atoms with Crippen LogP contribution in [0.25, 0.3) is 0 Å². The Hall–Kier alpha value is -3.23. The van der Waals surface area contributed by atoms with E-state index < -0.39 is 0 Å². The first-order valence-corrected chi connectivity index (χ1v) is 13.0. The van der Waals surface area contributed by atoms with Crippen LogP contribution < -0.4 is 15.4 Å².